The molecule has 4 nitrogen and oxygen atoms in total. The third-order valence-electron chi connectivity index (χ3n) is 4.34. The minimum absolute atomic E-state index is 0.0515. The van der Waals surface area contributed by atoms with Gasteiger partial charge in [-0.2, -0.15) is 0 Å². The first-order valence-corrected chi connectivity index (χ1v) is 8.26. The van der Waals surface area contributed by atoms with E-state index in [0.29, 0.717) is 11.6 Å². The molecule has 1 fully saturated rings. The smallest absolute Gasteiger partial charge is 0.229 e. The second kappa shape index (κ2) is 6.65. The normalized spacial score (nSPS) is 17.2. The molecule has 0 bridgehead atoms. The maximum atomic E-state index is 12.5. The molecule has 2 aromatic carbocycles. The lowest BCUT2D eigenvalue weighted by molar-refractivity contribution is -0.122. The van der Waals surface area contributed by atoms with E-state index in [2.05, 4.69) is 5.32 Å². The molecule has 3 rings (SSSR count). The summed E-state index contributed by atoms with van der Waals surface area (Å²) in [5.41, 5.74) is 3.51. The maximum absolute atomic E-state index is 12.5. The van der Waals surface area contributed by atoms with E-state index in [4.69, 9.17) is 11.6 Å². The van der Waals surface area contributed by atoms with Crippen LogP contribution in [0.15, 0.2) is 42.5 Å². The van der Waals surface area contributed by atoms with Gasteiger partial charge in [-0.15, -0.1) is 0 Å². The van der Waals surface area contributed by atoms with Crippen LogP contribution in [0.5, 0.6) is 0 Å². The fourth-order valence-electron chi connectivity index (χ4n) is 2.89. The molecule has 0 aliphatic carbocycles. The van der Waals surface area contributed by atoms with E-state index in [1.54, 1.807) is 11.0 Å². The number of carbonyl (C=O) groups is 2. The zero-order chi connectivity index (χ0) is 17.3. The van der Waals surface area contributed by atoms with E-state index < -0.39 is 0 Å². The molecule has 0 radical (unpaired) electrons. The molecule has 124 valence electrons. The van der Waals surface area contributed by atoms with Crippen molar-refractivity contribution in [2.45, 2.75) is 20.3 Å². The molecule has 1 heterocycles. The Labute approximate surface area is 146 Å². The number of anilines is 2. The van der Waals surface area contributed by atoms with E-state index in [1.165, 1.54) is 0 Å². The molecular weight excluding hydrogens is 324 g/mol. The van der Waals surface area contributed by atoms with Crippen LogP contribution in [0.1, 0.15) is 17.5 Å². The molecule has 0 aromatic heterocycles. The number of halogens is 1. The highest BCUT2D eigenvalue weighted by molar-refractivity contribution is 6.31. The lowest BCUT2D eigenvalue weighted by atomic mass is 10.1. The fourth-order valence-corrected chi connectivity index (χ4v) is 3.06. The Morgan fingerprint density at radius 1 is 1.17 bits per heavy atom. The van der Waals surface area contributed by atoms with Crippen LogP contribution in [0.4, 0.5) is 11.4 Å². The average molecular weight is 343 g/mol. The standard InChI is InChI=1S/C19H19ClN2O2/c1-12-6-8-15(9-7-12)21-19(24)14-10-18(23)22(11-14)17-5-3-4-16(20)13(17)2/h3-9,14H,10-11H2,1-2H3,(H,21,24)/t14-/m1/s1. The van der Waals surface area contributed by atoms with Gasteiger partial charge in [0.25, 0.3) is 0 Å². The summed E-state index contributed by atoms with van der Waals surface area (Å²) < 4.78 is 0. The van der Waals surface area contributed by atoms with Gasteiger partial charge in [0.1, 0.15) is 0 Å². The summed E-state index contributed by atoms with van der Waals surface area (Å²) in [6.07, 6.45) is 0.212. The van der Waals surface area contributed by atoms with Gasteiger partial charge in [-0.3, -0.25) is 9.59 Å². The second-order valence-corrected chi connectivity index (χ2v) is 6.55. The Bertz CT molecular complexity index is 786. The molecule has 1 atom stereocenters. The Hall–Kier alpha value is -2.33. The third kappa shape index (κ3) is 3.29. The van der Waals surface area contributed by atoms with Crippen molar-refractivity contribution in [1.82, 2.24) is 0 Å². The van der Waals surface area contributed by atoms with Gasteiger partial charge >= 0.3 is 0 Å². The molecule has 2 amide bonds. The van der Waals surface area contributed by atoms with Crippen molar-refractivity contribution in [3.63, 3.8) is 0 Å². The van der Waals surface area contributed by atoms with E-state index in [9.17, 15) is 9.59 Å². The van der Waals surface area contributed by atoms with Crippen LogP contribution in [0, 0.1) is 19.8 Å². The van der Waals surface area contributed by atoms with Crippen molar-refractivity contribution >= 4 is 34.8 Å². The molecule has 5 heteroatoms. The number of benzene rings is 2. The second-order valence-electron chi connectivity index (χ2n) is 6.14. The van der Waals surface area contributed by atoms with Gasteiger partial charge in [0, 0.05) is 29.4 Å². The van der Waals surface area contributed by atoms with Gasteiger partial charge in [-0.1, -0.05) is 35.4 Å². The van der Waals surface area contributed by atoms with Gasteiger partial charge in [0.05, 0.1) is 5.92 Å². The molecule has 1 N–H and O–H groups in total. The van der Waals surface area contributed by atoms with E-state index in [1.807, 2.05) is 50.2 Å². The molecule has 24 heavy (non-hydrogen) atoms. The SMILES string of the molecule is Cc1ccc(NC(=O)[C@@H]2CC(=O)N(c3cccc(Cl)c3C)C2)cc1. The molecule has 2 aromatic rings. The lowest BCUT2D eigenvalue weighted by Crippen LogP contribution is -2.28. The summed E-state index contributed by atoms with van der Waals surface area (Å²) in [4.78, 5) is 26.5. The van der Waals surface area contributed by atoms with Crippen molar-refractivity contribution in [2.75, 3.05) is 16.8 Å². The Morgan fingerprint density at radius 2 is 1.88 bits per heavy atom. The highest BCUT2D eigenvalue weighted by atomic mass is 35.5. The third-order valence-corrected chi connectivity index (χ3v) is 4.75. The number of carbonyl (C=O) groups excluding carboxylic acids is 2. The summed E-state index contributed by atoms with van der Waals surface area (Å²) in [7, 11) is 0. The zero-order valence-corrected chi connectivity index (χ0v) is 14.4. The first kappa shape index (κ1) is 16.5. The highest BCUT2D eigenvalue weighted by Gasteiger charge is 2.35. The predicted octanol–water partition coefficient (Wildman–Crippen LogP) is 3.95. The van der Waals surface area contributed by atoms with Crippen LogP contribution >= 0.6 is 11.6 Å². The average Bonchev–Trinajstić information content (AvgIpc) is 2.94. The van der Waals surface area contributed by atoms with E-state index in [-0.39, 0.29) is 24.2 Å². The number of aryl methyl sites for hydroxylation is 1. The zero-order valence-electron chi connectivity index (χ0n) is 13.7. The van der Waals surface area contributed by atoms with Crippen LogP contribution < -0.4 is 10.2 Å². The lowest BCUT2D eigenvalue weighted by Gasteiger charge is -2.19. The van der Waals surface area contributed by atoms with Crippen molar-refractivity contribution in [1.29, 1.82) is 0 Å². The Kier molecular flexibility index (Phi) is 4.58. The Morgan fingerprint density at radius 3 is 2.58 bits per heavy atom. The van der Waals surface area contributed by atoms with Gasteiger partial charge < -0.3 is 10.2 Å². The summed E-state index contributed by atoms with van der Waals surface area (Å²) >= 11 is 6.14. The van der Waals surface area contributed by atoms with Crippen LogP contribution in [0.25, 0.3) is 0 Å². The largest absolute Gasteiger partial charge is 0.326 e. The molecule has 1 saturated heterocycles. The first-order valence-electron chi connectivity index (χ1n) is 7.88. The molecule has 1 aliphatic heterocycles. The topological polar surface area (TPSA) is 49.4 Å². The highest BCUT2D eigenvalue weighted by Crippen LogP contribution is 2.31. The number of nitrogens with zero attached hydrogens (tertiary/aromatic N) is 1. The monoisotopic (exact) mass is 342 g/mol. The molecule has 0 unspecified atom stereocenters. The van der Waals surface area contributed by atoms with E-state index >= 15 is 0 Å². The Balaban J connectivity index is 1.73. The predicted molar refractivity (Wildman–Crippen MR) is 96.5 cm³/mol. The van der Waals surface area contributed by atoms with Crippen LogP contribution in [-0.2, 0) is 9.59 Å². The van der Waals surface area contributed by atoms with Gasteiger partial charge in [0.2, 0.25) is 11.8 Å². The van der Waals surface area contributed by atoms with Crippen molar-refractivity contribution in [3.8, 4) is 0 Å². The number of nitrogens with one attached hydrogen (secondary N) is 1. The minimum atomic E-state index is -0.364. The summed E-state index contributed by atoms with van der Waals surface area (Å²) in [5.74, 6) is -0.545. The number of rotatable bonds is 3. The minimum Gasteiger partial charge on any atom is -0.326 e. The summed E-state index contributed by atoms with van der Waals surface area (Å²) in [6, 6.07) is 13.1. The van der Waals surface area contributed by atoms with Crippen molar-refractivity contribution in [3.05, 3.63) is 58.6 Å². The van der Waals surface area contributed by atoms with Gasteiger partial charge in [-0.25, -0.2) is 0 Å². The fraction of sp³-hybridized carbons (Fsp3) is 0.263. The number of hydrogen-bond donors (Lipinski definition) is 1. The summed E-state index contributed by atoms with van der Waals surface area (Å²) in [6.45, 7) is 4.24. The van der Waals surface area contributed by atoms with Crippen LogP contribution in [0.2, 0.25) is 5.02 Å². The van der Waals surface area contributed by atoms with Crippen molar-refractivity contribution in [2.24, 2.45) is 5.92 Å². The van der Waals surface area contributed by atoms with Crippen molar-refractivity contribution < 1.29 is 9.59 Å². The summed E-state index contributed by atoms with van der Waals surface area (Å²) in [5, 5.41) is 3.50. The van der Waals surface area contributed by atoms with Gasteiger partial charge in [-0.05, 0) is 43.7 Å². The number of hydrogen-bond acceptors (Lipinski definition) is 2. The molecular formula is C19H19ClN2O2. The van der Waals surface area contributed by atoms with Gasteiger partial charge in [0.15, 0.2) is 0 Å². The maximum Gasteiger partial charge on any atom is 0.229 e. The quantitative estimate of drug-likeness (QED) is 0.918. The molecule has 1 aliphatic rings. The molecule has 0 spiro atoms. The first-order chi connectivity index (χ1) is 11.5. The van der Waals surface area contributed by atoms with E-state index in [0.717, 1.165) is 22.5 Å². The number of amides is 2. The molecule has 0 saturated carbocycles. The van der Waals surface area contributed by atoms with Crippen LogP contribution in [-0.4, -0.2) is 18.4 Å². The van der Waals surface area contributed by atoms with Crippen LogP contribution in [0.3, 0.4) is 0 Å².